The summed E-state index contributed by atoms with van der Waals surface area (Å²) in [6.45, 7) is 10.7. The van der Waals surface area contributed by atoms with Crippen LogP contribution in [0.15, 0.2) is 18.3 Å². The van der Waals surface area contributed by atoms with Gasteiger partial charge in [0.15, 0.2) is 5.75 Å². The molecule has 9 nitrogen and oxygen atoms in total. The molecule has 4 fully saturated rings. The van der Waals surface area contributed by atoms with Crippen LogP contribution in [0, 0.1) is 11.8 Å². The Balaban J connectivity index is 1.11. The van der Waals surface area contributed by atoms with E-state index in [4.69, 9.17) is 19.4 Å². The molecule has 0 bridgehead atoms. The number of amides is 1. The normalized spacial score (nSPS) is 23.5. The monoisotopic (exact) mass is 542 g/mol. The molecule has 210 valence electrons. The Morgan fingerprint density at radius 3 is 2.58 bits per heavy atom. The van der Waals surface area contributed by atoms with Gasteiger partial charge in [-0.15, -0.1) is 0 Å². The van der Waals surface area contributed by atoms with Crippen LogP contribution >= 0.6 is 0 Å². The Morgan fingerprint density at radius 2 is 1.85 bits per heavy atom. The van der Waals surface area contributed by atoms with E-state index in [0.717, 1.165) is 93.8 Å². The minimum Gasteiger partial charge on any atom is -0.482 e. The highest BCUT2D eigenvalue weighted by molar-refractivity contribution is 5.94. The second-order valence-electron chi connectivity index (χ2n) is 11.7. The molecule has 1 aliphatic carbocycles. The van der Waals surface area contributed by atoms with E-state index in [0.29, 0.717) is 17.9 Å². The average molecular weight is 543 g/mol. The number of fused-ring (bicyclic) bond motifs is 2. The number of piperidine rings is 1. The third kappa shape index (κ3) is 4.77. The van der Waals surface area contributed by atoms with Crippen molar-refractivity contribution >= 4 is 23.1 Å². The summed E-state index contributed by atoms with van der Waals surface area (Å²) in [5.74, 6) is 7.99. The van der Waals surface area contributed by atoms with Crippen molar-refractivity contribution in [3.63, 3.8) is 0 Å². The molecule has 6 heterocycles. The minimum absolute atomic E-state index is 0.0485. The molecular weight excluding hydrogens is 504 g/mol. The van der Waals surface area contributed by atoms with Crippen LogP contribution in [0.5, 0.6) is 5.75 Å². The molecule has 7 rings (SSSR count). The van der Waals surface area contributed by atoms with Crippen LogP contribution in [-0.4, -0.2) is 84.2 Å². The van der Waals surface area contributed by atoms with Crippen LogP contribution in [-0.2, 0) is 9.53 Å². The third-order valence-electron chi connectivity index (χ3n) is 9.10. The second-order valence-corrected chi connectivity index (χ2v) is 11.7. The van der Waals surface area contributed by atoms with Crippen molar-refractivity contribution in [2.24, 2.45) is 0 Å². The highest BCUT2D eigenvalue weighted by atomic mass is 16.5. The van der Waals surface area contributed by atoms with Gasteiger partial charge in [-0.05, 0) is 70.7 Å². The molecule has 0 radical (unpaired) electrons. The second kappa shape index (κ2) is 10.6. The molecule has 5 aliphatic rings. The van der Waals surface area contributed by atoms with Crippen molar-refractivity contribution in [1.82, 2.24) is 19.8 Å². The molecule has 2 aromatic rings. The van der Waals surface area contributed by atoms with Gasteiger partial charge in [0.1, 0.15) is 11.9 Å². The molecule has 0 aromatic carbocycles. The molecule has 1 N–H and O–H groups in total. The van der Waals surface area contributed by atoms with Crippen LogP contribution in [0.3, 0.4) is 0 Å². The fourth-order valence-corrected chi connectivity index (χ4v) is 6.64. The molecule has 40 heavy (non-hydrogen) atoms. The van der Waals surface area contributed by atoms with E-state index in [2.05, 4.69) is 46.0 Å². The summed E-state index contributed by atoms with van der Waals surface area (Å²) in [4.78, 5) is 28.9. The minimum atomic E-state index is -0.138. The first-order chi connectivity index (χ1) is 19.6. The van der Waals surface area contributed by atoms with E-state index in [1.54, 1.807) is 6.92 Å². The third-order valence-corrected chi connectivity index (χ3v) is 9.10. The van der Waals surface area contributed by atoms with E-state index >= 15 is 0 Å². The molecule has 2 aromatic heterocycles. The van der Waals surface area contributed by atoms with E-state index in [-0.39, 0.29) is 12.0 Å². The maximum absolute atomic E-state index is 12.0. The van der Waals surface area contributed by atoms with Crippen molar-refractivity contribution in [3.8, 4) is 17.6 Å². The van der Waals surface area contributed by atoms with Crippen LogP contribution in [0.25, 0.3) is 0 Å². The number of hydrogen-bond acceptors (Lipinski definition) is 8. The summed E-state index contributed by atoms with van der Waals surface area (Å²) < 4.78 is 12.3. The number of carbonyl (C=O) groups is 1. The Hall–Kier alpha value is -3.35. The van der Waals surface area contributed by atoms with Gasteiger partial charge in [-0.25, -0.2) is 4.98 Å². The number of aromatic nitrogens is 2. The van der Waals surface area contributed by atoms with Crippen LogP contribution in [0.4, 0.5) is 17.2 Å². The molecule has 9 heteroatoms. The van der Waals surface area contributed by atoms with Crippen molar-refractivity contribution in [3.05, 3.63) is 35.3 Å². The lowest BCUT2D eigenvalue weighted by Crippen LogP contribution is -2.61. The first-order valence-corrected chi connectivity index (χ1v) is 14.8. The number of rotatable bonds is 4. The van der Waals surface area contributed by atoms with E-state index in [1.807, 2.05) is 11.1 Å². The molecule has 4 aliphatic heterocycles. The Labute approximate surface area is 236 Å². The Kier molecular flexibility index (Phi) is 6.76. The fourth-order valence-electron chi connectivity index (χ4n) is 6.64. The highest BCUT2D eigenvalue weighted by Crippen LogP contribution is 2.51. The number of nitrogens with one attached hydrogen (secondary N) is 1. The highest BCUT2D eigenvalue weighted by Gasteiger charge is 2.38. The number of carbonyl (C=O) groups excluding carboxylic acids is 1. The molecule has 1 saturated carbocycles. The van der Waals surface area contributed by atoms with Gasteiger partial charge in [-0.2, -0.15) is 0 Å². The molecule has 0 spiro atoms. The van der Waals surface area contributed by atoms with Gasteiger partial charge in [0.2, 0.25) is 0 Å². The molecule has 0 unspecified atom stereocenters. The van der Waals surface area contributed by atoms with E-state index in [1.165, 1.54) is 24.2 Å². The van der Waals surface area contributed by atoms with Crippen LogP contribution in [0.2, 0.25) is 0 Å². The maximum Gasteiger partial charge on any atom is 0.298 e. The quantitative estimate of drug-likeness (QED) is 0.585. The molecule has 3 saturated heterocycles. The van der Waals surface area contributed by atoms with E-state index in [9.17, 15) is 4.79 Å². The number of likely N-dealkylation sites (tertiary alicyclic amines) is 2. The number of pyridine rings is 2. The topological polar surface area (TPSA) is 83.1 Å². The van der Waals surface area contributed by atoms with Gasteiger partial charge >= 0.3 is 0 Å². The summed E-state index contributed by atoms with van der Waals surface area (Å²) in [5.41, 5.74) is 5.56. The standard InChI is InChI=1S/C31H38N6O3/c1-3-4-27(38)37-18-23(19-37)35-11-8-21(9-12-35)24-17-25-30(29(33-24)22-5-6-22)40-20(2)28-26(7-10-32-31(28)34-25)36-13-15-39-16-14-36/h7,10,17,20-23H,5-6,8-9,11-16,18-19H2,1-2H3,(H,32,34)/t20-/m1/s1. The molecule has 1 atom stereocenters. The predicted molar refractivity (Wildman–Crippen MR) is 153 cm³/mol. The van der Waals surface area contributed by atoms with Gasteiger partial charge in [0, 0.05) is 61.6 Å². The zero-order valence-electron chi connectivity index (χ0n) is 23.5. The lowest BCUT2D eigenvalue weighted by atomic mass is 9.90. The van der Waals surface area contributed by atoms with Crippen molar-refractivity contribution in [2.75, 3.05) is 62.7 Å². The maximum atomic E-state index is 12.0. The largest absolute Gasteiger partial charge is 0.482 e. The van der Waals surface area contributed by atoms with Crippen molar-refractivity contribution in [2.45, 2.75) is 63.5 Å². The summed E-state index contributed by atoms with van der Waals surface area (Å²) >= 11 is 0. The summed E-state index contributed by atoms with van der Waals surface area (Å²) in [7, 11) is 0. The Bertz CT molecular complexity index is 1340. The summed E-state index contributed by atoms with van der Waals surface area (Å²) in [6, 6.07) is 4.78. The van der Waals surface area contributed by atoms with Gasteiger partial charge in [0.25, 0.3) is 5.91 Å². The lowest BCUT2D eigenvalue weighted by molar-refractivity contribution is -0.132. The van der Waals surface area contributed by atoms with Gasteiger partial charge in [-0.3, -0.25) is 14.7 Å². The number of morpholine rings is 1. The Morgan fingerprint density at radius 1 is 1.07 bits per heavy atom. The summed E-state index contributed by atoms with van der Waals surface area (Å²) in [5, 5.41) is 3.69. The van der Waals surface area contributed by atoms with E-state index < -0.39 is 0 Å². The zero-order valence-corrected chi connectivity index (χ0v) is 23.5. The zero-order chi connectivity index (χ0) is 27.2. The van der Waals surface area contributed by atoms with Gasteiger partial charge in [-0.1, -0.05) is 5.92 Å². The van der Waals surface area contributed by atoms with Gasteiger partial charge in [0.05, 0.1) is 30.2 Å². The first kappa shape index (κ1) is 25.6. The number of anilines is 3. The predicted octanol–water partition coefficient (Wildman–Crippen LogP) is 3.80. The first-order valence-electron chi connectivity index (χ1n) is 14.8. The fraction of sp³-hybridized carbons (Fsp3) is 0.581. The lowest BCUT2D eigenvalue weighted by Gasteiger charge is -2.47. The summed E-state index contributed by atoms with van der Waals surface area (Å²) in [6.07, 6.45) is 6.24. The van der Waals surface area contributed by atoms with Crippen LogP contribution < -0.4 is 15.0 Å². The number of hydrogen-bond donors (Lipinski definition) is 1. The van der Waals surface area contributed by atoms with Gasteiger partial charge < -0.3 is 24.6 Å². The van der Waals surface area contributed by atoms with Crippen molar-refractivity contribution < 1.29 is 14.3 Å². The van der Waals surface area contributed by atoms with Crippen molar-refractivity contribution in [1.29, 1.82) is 0 Å². The number of nitrogens with zero attached hydrogens (tertiary/aromatic N) is 5. The van der Waals surface area contributed by atoms with Crippen LogP contribution in [0.1, 0.15) is 74.4 Å². The smallest absolute Gasteiger partial charge is 0.298 e. The number of ether oxygens (including phenoxy) is 2. The molecular formula is C31H38N6O3. The average Bonchev–Trinajstić information content (AvgIpc) is 3.80. The SMILES string of the molecule is CC#CC(=O)N1CC(N2CCC(c3cc4c(c(C5CC5)n3)O[C@H](C)c3c(N5CCOCC5)ccnc3N4)CC2)C1. The molecule has 1 amide bonds.